The lowest BCUT2D eigenvalue weighted by Crippen LogP contribution is -2.13. The fourth-order valence-corrected chi connectivity index (χ4v) is 2.24. The van der Waals surface area contributed by atoms with Gasteiger partial charge in [0.05, 0.1) is 16.8 Å². The number of aromatic nitrogens is 1. The highest BCUT2D eigenvalue weighted by Gasteiger charge is 2.31. The highest BCUT2D eigenvalue weighted by Crippen LogP contribution is 2.31. The van der Waals surface area contributed by atoms with E-state index >= 15 is 0 Å². The van der Waals surface area contributed by atoms with Crippen LogP contribution >= 0.6 is 0 Å². The highest BCUT2D eigenvalue weighted by atomic mass is 19.4. The van der Waals surface area contributed by atoms with E-state index in [1.807, 2.05) is 0 Å². The van der Waals surface area contributed by atoms with Crippen LogP contribution in [0.4, 0.5) is 13.2 Å². The molecule has 1 aromatic heterocycles. The minimum Gasteiger partial charge on any atom is -0.317 e. The van der Waals surface area contributed by atoms with Gasteiger partial charge in [0.25, 0.3) is 0 Å². The fraction of sp³-hybridized carbons (Fsp3) is 0.200. The third-order valence-corrected chi connectivity index (χ3v) is 3.09. The SMILES string of the molecule is Cc1cc(=O)cc(C)n1-c1ccc(C(F)(F)F)cc1C#N. The predicted molar refractivity (Wildman–Crippen MR) is 71.2 cm³/mol. The molecule has 0 spiro atoms. The average molecular weight is 292 g/mol. The molecule has 0 aliphatic carbocycles. The Labute approximate surface area is 118 Å². The maximum Gasteiger partial charge on any atom is 0.416 e. The van der Waals surface area contributed by atoms with Crippen LogP contribution in [-0.4, -0.2) is 4.57 Å². The molecule has 0 fully saturated rings. The second kappa shape index (κ2) is 5.09. The molecule has 0 radical (unpaired) electrons. The van der Waals surface area contributed by atoms with Crippen LogP contribution in [0.5, 0.6) is 0 Å². The van der Waals surface area contributed by atoms with Crippen LogP contribution in [0.2, 0.25) is 0 Å². The lowest BCUT2D eigenvalue weighted by atomic mass is 10.1. The normalized spacial score (nSPS) is 11.2. The van der Waals surface area contributed by atoms with Crippen LogP contribution in [0, 0.1) is 25.2 Å². The van der Waals surface area contributed by atoms with Gasteiger partial charge in [-0.2, -0.15) is 18.4 Å². The van der Waals surface area contributed by atoms with Crippen molar-refractivity contribution in [3.63, 3.8) is 0 Å². The van der Waals surface area contributed by atoms with Crippen molar-refractivity contribution in [1.29, 1.82) is 5.26 Å². The second-order valence-corrected chi connectivity index (χ2v) is 4.65. The molecule has 0 saturated heterocycles. The van der Waals surface area contributed by atoms with Crippen LogP contribution in [-0.2, 0) is 6.18 Å². The zero-order chi connectivity index (χ0) is 15.8. The summed E-state index contributed by atoms with van der Waals surface area (Å²) < 4.78 is 39.7. The van der Waals surface area contributed by atoms with E-state index in [1.54, 1.807) is 24.5 Å². The van der Waals surface area contributed by atoms with Crippen molar-refractivity contribution >= 4 is 0 Å². The molecule has 2 rings (SSSR count). The summed E-state index contributed by atoms with van der Waals surface area (Å²) in [5.74, 6) is 0. The van der Waals surface area contributed by atoms with Crippen molar-refractivity contribution in [2.45, 2.75) is 20.0 Å². The van der Waals surface area contributed by atoms with Crippen LogP contribution in [0.1, 0.15) is 22.5 Å². The molecule has 1 heterocycles. The van der Waals surface area contributed by atoms with E-state index in [-0.39, 0.29) is 11.0 Å². The van der Waals surface area contributed by atoms with E-state index in [0.29, 0.717) is 17.1 Å². The molecule has 0 atom stereocenters. The second-order valence-electron chi connectivity index (χ2n) is 4.65. The number of rotatable bonds is 1. The molecule has 2 aromatic rings. The fourth-order valence-electron chi connectivity index (χ4n) is 2.24. The molecule has 21 heavy (non-hydrogen) atoms. The maximum absolute atomic E-state index is 12.7. The first-order chi connectivity index (χ1) is 9.74. The summed E-state index contributed by atoms with van der Waals surface area (Å²) >= 11 is 0. The zero-order valence-electron chi connectivity index (χ0n) is 11.3. The van der Waals surface area contributed by atoms with Gasteiger partial charge in [0, 0.05) is 23.5 Å². The Balaban J connectivity index is 2.72. The Morgan fingerprint density at radius 2 is 1.67 bits per heavy atom. The Kier molecular flexibility index (Phi) is 3.60. The molecule has 6 heteroatoms. The molecule has 0 bridgehead atoms. The summed E-state index contributed by atoms with van der Waals surface area (Å²) in [6, 6.07) is 7.49. The zero-order valence-corrected chi connectivity index (χ0v) is 11.3. The van der Waals surface area contributed by atoms with Crippen molar-refractivity contribution < 1.29 is 13.2 Å². The van der Waals surface area contributed by atoms with Gasteiger partial charge in [0.15, 0.2) is 5.43 Å². The van der Waals surface area contributed by atoms with E-state index in [9.17, 15) is 18.0 Å². The Morgan fingerprint density at radius 1 is 1.10 bits per heavy atom. The van der Waals surface area contributed by atoms with Gasteiger partial charge in [0.1, 0.15) is 6.07 Å². The number of benzene rings is 1. The third kappa shape index (κ3) is 2.82. The summed E-state index contributed by atoms with van der Waals surface area (Å²) in [6.07, 6.45) is -4.50. The predicted octanol–water partition coefficient (Wildman–Crippen LogP) is 3.34. The Bertz CT molecular complexity index is 772. The molecular weight excluding hydrogens is 281 g/mol. The highest BCUT2D eigenvalue weighted by molar-refractivity contribution is 5.52. The van der Waals surface area contributed by atoms with Crippen LogP contribution in [0.15, 0.2) is 35.1 Å². The minimum absolute atomic E-state index is 0.0975. The van der Waals surface area contributed by atoms with Crippen LogP contribution in [0.25, 0.3) is 5.69 Å². The smallest absolute Gasteiger partial charge is 0.317 e. The maximum atomic E-state index is 12.7. The molecule has 0 amide bonds. The summed E-state index contributed by atoms with van der Waals surface area (Å²) in [5.41, 5.74) is 0.263. The number of nitriles is 1. The van der Waals surface area contributed by atoms with Gasteiger partial charge in [-0.15, -0.1) is 0 Å². The van der Waals surface area contributed by atoms with E-state index in [4.69, 9.17) is 5.26 Å². The van der Waals surface area contributed by atoms with Gasteiger partial charge in [-0.05, 0) is 32.0 Å². The molecule has 0 N–H and O–H groups in total. The number of nitrogens with zero attached hydrogens (tertiary/aromatic N) is 2. The molecular formula is C15H11F3N2O. The van der Waals surface area contributed by atoms with E-state index in [2.05, 4.69) is 0 Å². The van der Waals surface area contributed by atoms with E-state index < -0.39 is 11.7 Å². The quantitative estimate of drug-likeness (QED) is 0.809. The first-order valence-corrected chi connectivity index (χ1v) is 6.06. The number of hydrogen-bond acceptors (Lipinski definition) is 2. The van der Waals surface area contributed by atoms with E-state index in [0.717, 1.165) is 12.1 Å². The molecule has 0 aliphatic rings. The first-order valence-electron chi connectivity index (χ1n) is 6.06. The molecule has 108 valence electrons. The summed E-state index contributed by atoms with van der Waals surface area (Å²) in [4.78, 5) is 11.4. The van der Waals surface area contributed by atoms with Crippen molar-refractivity contribution in [3.05, 3.63) is 63.1 Å². The van der Waals surface area contributed by atoms with Gasteiger partial charge in [-0.25, -0.2) is 0 Å². The Morgan fingerprint density at radius 3 is 2.14 bits per heavy atom. The van der Waals surface area contributed by atoms with Crippen molar-refractivity contribution in [3.8, 4) is 11.8 Å². The largest absolute Gasteiger partial charge is 0.416 e. The minimum atomic E-state index is -4.50. The molecule has 0 unspecified atom stereocenters. The van der Waals surface area contributed by atoms with Crippen molar-refractivity contribution in [2.24, 2.45) is 0 Å². The summed E-state index contributed by atoms with van der Waals surface area (Å²) in [5, 5.41) is 9.11. The topological polar surface area (TPSA) is 45.8 Å². The number of aryl methyl sites for hydroxylation is 2. The summed E-state index contributed by atoms with van der Waals surface area (Å²) in [6.45, 7) is 3.32. The van der Waals surface area contributed by atoms with Gasteiger partial charge in [-0.3, -0.25) is 4.79 Å². The average Bonchev–Trinajstić information content (AvgIpc) is 2.36. The number of halogens is 3. The molecule has 3 nitrogen and oxygen atoms in total. The van der Waals surface area contributed by atoms with Gasteiger partial charge < -0.3 is 4.57 Å². The number of alkyl halides is 3. The van der Waals surface area contributed by atoms with Crippen LogP contribution < -0.4 is 5.43 Å². The standard InChI is InChI=1S/C15H11F3N2O/c1-9-5-13(21)6-10(2)20(9)14-4-3-12(15(16,17)18)7-11(14)8-19/h3-7H,1-2H3. The van der Waals surface area contributed by atoms with Gasteiger partial charge >= 0.3 is 6.18 Å². The lowest BCUT2D eigenvalue weighted by molar-refractivity contribution is -0.137. The number of pyridine rings is 1. The van der Waals surface area contributed by atoms with E-state index in [1.165, 1.54) is 18.2 Å². The summed E-state index contributed by atoms with van der Waals surface area (Å²) in [7, 11) is 0. The van der Waals surface area contributed by atoms with Gasteiger partial charge in [0.2, 0.25) is 0 Å². The number of hydrogen-bond donors (Lipinski definition) is 0. The Hall–Kier alpha value is -2.55. The monoisotopic (exact) mass is 292 g/mol. The van der Waals surface area contributed by atoms with Crippen molar-refractivity contribution in [2.75, 3.05) is 0 Å². The van der Waals surface area contributed by atoms with Gasteiger partial charge in [-0.1, -0.05) is 0 Å². The molecule has 0 saturated carbocycles. The third-order valence-electron chi connectivity index (χ3n) is 3.09. The first kappa shape index (κ1) is 14.9. The van der Waals surface area contributed by atoms with Crippen molar-refractivity contribution in [1.82, 2.24) is 4.57 Å². The lowest BCUT2D eigenvalue weighted by Gasteiger charge is -2.17. The molecule has 1 aromatic carbocycles. The molecule has 0 aliphatic heterocycles. The van der Waals surface area contributed by atoms with Crippen LogP contribution in [0.3, 0.4) is 0 Å².